The molecular weight excluding hydrogens is 275 g/mol. The predicted octanol–water partition coefficient (Wildman–Crippen LogP) is 3.13. The minimum Gasteiger partial charge on any atom is -0.382 e. The maximum Gasteiger partial charge on any atom is 0.253 e. The molecule has 5 heteroatoms. The van der Waals surface area contributed by atoms with Gasteiger partial charge in [0.15, 0.2) is 0 Å². The Balaban J connectivity index is 2.02. The number of thioether (sulfide) groups is 1. The number of benzene rings is 1. The van der Waals surface area contributed by atoms with Crippen LogP contribution in [0.15, 0.2) is 18.2 Å². The number of carbonyl (C=O) groups is 1. The lowest BCUT2D eigenvalue weighted by molar-refractivity contribution is 0.0949. The molecule has 1 heterocycles. The van der Waals surface area contributed by atoms with Gasteiger partial charge in [-0.05, 0) is 42.4 Å². The van der Waals surface area contributed by atoms with Crippen LogP contribution in [0.5, 0.6) is 0 Å². The predicted molar refractivity (Wildman–Crippen MR) is 82.9 cm³/mol. The molecule has 1 aliphatic heterocycles. The van der Waals surface area contributed by atoms with E-state index in [4.69, 9.17) is 0 Å². The molecule has 0 spiro atoms. The van der Waals surface area contributed by atoms with Gasteiger partial charge in [-0.1, -0.05) is 13.0 Å². The zero-order valence-electron chi connectivity index (χ0n) is 11.7. The molecule has 110 valence electrons. The van der Waals surface area contributed by atoms with Crippen molar-refractivity contribution in [3.05, 3.63) is 29.6 Å². The summed E-state index contributed by atoms with van der Waals surface area (Å²) in [7, 11) is 0. The average molecular weight is 296 g/mol. The fourth-order valence-electron chi connectivity index (χ4n) is 2.22. The highest BCUT2D eigenvalue weighted by Gasteiger charge is 2.19. The van der Waals surface area contributed by atoms with Gasteiger partial charge in [0, 0.05) is 13.1 Å². The number of hydrogen-bond acceptors (Lipinski definition) is 3. The normalized spacial score (nSPS) is 18.0. The number of rotatable bonds is 6. The summed E-state index contributed by atoms with van der Waals surface area (Å²) in [6.07, 6.45) is 2.03. The number of amides is 1. The second-order valence-corrected chi connectivity index (χ2v) is 6.18. The molecular formula is C15H21FN2OS. The number of carbonyl (C=O) groups excluding carboxylic acids is 1. The van der Waals surface area contributed by atoms with Gasteiger partial charge in [0.1, 0.15) is 5.82 Å². The van der Waals surface area contributed by atoms with Crippen molar-refractivity contribution in [3.8, 4) is 0 Å². The number of nitrogens with one attached hydrogen (secondary N) is 2. The molecule has 20 heavy (non-hydrogen) atoms. The van der Waals surface area contributed by atoms with Crippen LogP contribution in [0.25, 0.3) is 0 Å². The van der Waals surface area contributed by atoms with Gasteiger partial charge in [-0.2, -0.15) is 11.8 Å². The number of anilines is 1. The fraction of sp³-hybridized carbons (Fsp3) is 0.533. The smallest absolute Gasteiger partial charge is 0.253 e. The Morgan fingerprint density at radius 1 is 1.50 bits per heavy atom. The molecule has 1 aromatic rings. The summed E-state index contributed by atoms with van der Waals surface area (Å²) in [6.45, 7) is 3.33. The summed E-state index contributed by atoms with van der Waals surface area (Å²) in [4.78, 5) is 12.2. The van der Waals surface area contributed by atoms with Crippen molar-refractivity contribution in [1.29, 1.82) is 0 Å². The van der Waals surface area contributed by atoms with Gasteiger partial charge in [0.2, 0.25) is 0 Å². The fourth-order valence-corrected chi connectivity index (χ4v) is 3.50. The molecule has 2 N–H and O–H groups in total. The van der Waals surface area contributed by atoms with Gasteiger partial charge in [-0.15, -0.1) is 0 Å². The molecule has 0 saturated carbocycles. The molecule has 1 unspecified atom stereocenters. The third kappa shape index (κ3) is 3.88. The number of para-hydroxylation sites is 1. The van der Waals surface area contributed by atoms with Crippen molar-refractivity contribution in [2.24, 2.45) is 5.92 Å². The van der Waals surface area contributed by atoms with Crippen LogP contribution < -0.4 is 10.6 Å². The van der Waals surface area contributed by atoms with Crippen molar-refractivity contribution in [3.63, 3.8) is 0 Å². The van der Waals surface area contributed by atoms with Crippen molar-refractivity contribution in [1.82, 2.24) is 5.32 Å². The first kappa shape index (κ1) is 15.2. The zero-order valence-corrected chi connectivity index (χ0v) is 12.6. The molecule has 0 bridgehead atoms. The lowest BCUT2D eigenvalue weighted by Gasteiger charge is -2.14. The highest BCUT2D eigenvalue weighted by atomic mass is 32.2. The molecule has 3 nitrogen and oxygen atoms in total. The van der Waals surface area contributed by atoms with Crippen LogP contribution >= 0.6 is 11.8 Å². The lowest BCUT2D eigenvalue weighted by Crippen LogP contribution is -2.30. The van der Waals surface area contributed by atoms with Gasteiger partial charge >= 0.3 is 0 Å². The molecule has 1 aromatic carbocycles. The summed E-state index contributed by atoms with van der Waals surface area (Å²) in [5.74, 6) is 2.25. The van der Waals surface area contributed by atoms with E-state index in [-0.39, 0.29) is 11.7 Å². The summed E-state index contributed by atoms with van der Waals surface area (Å²) in [5.41, 5.74) is 0.705. The van der Waals surface area contributed by atoms with Crippen LogP contribution in [0.2, 0.25) is 0 Å². The van der Waals surface area contributed by atoms with E-state index in [0.29, 0.717) is 30.3 Å². The SMILES string of the molecule is CCCNc1c(F)cccc1C(=O)NCC1CCSC1. The first-order valence-corrected chi connectivity index (χ1v) is 8.26. The molecule has 0 aliphatic carbocycles. The summed E-state index contributed by atoms with van der Waals surface area (Å²) in [6, 6.07) is 4.62. The standard InChI is InChI=1S/C15H21FN2OS/c1-2-7-17-14-12(4-3-5-13(14)16)15(19)18-9-11-6-8-20-10-11/h3-5,11,17H,2,6-10H2,1H3,(H,18,19). The molecule has 0 radical (unpaired) electrons. The highest BCUT2D eigenvalue weighted by Crippen LogP contribution is 2.23. The molecule has 2 rings (SSSR count). The quantitative estimate of drug-likeness (QED) is 0.847. The van der Waals surface area contributed by atoms with E-state index in [0.717, 1.165) is 18.6 Å². The Labute approximate surface area is 123 Å². The van der Waals surface area contributed by atoms with Gasteiger partial charge in [-0.25, -0.2) is 4.39 Å². The third-order valence-electron chi connectivity index (χ3n) is 3.39. The van der Waals surface area contributed by atoms with Crippen molar-refractivity contribution >= 4 is 23.4 Å². The van der Waals surface area contributed by atoms with Crippen LogP contribution in [0.4, 0.5) is 10.1 Å². The van der Waals surface area contributed by atoms with Gasteiger partial charge in [0.25, 0.3) is 5.91 Å². The van der Waals surface area contributed by atoms with Gasteiger partial charge in [0.05, 0.1) is 11.3 Å². The molecule has 1 aliphatic rings. The molecule has 0 aromatic heterocycles. The first-order valence-electron chi connectivity index (χ1n) is 7.10. The van der Waals surface area contributed by atoms with E-state index >= 15 is 0 Å². The Hall–Kier alpha value is -1.23. The Kier molecular flexibility index (Phi) is 5.71. The maximum absolute atomic E-state index is 13.8. The van der Waals surface area contributed by atoms with Crippen LogP contribution in [-0.2, 0) is 0 Å². The Bertz CT molecular complexity index is 461. The Morgan fingerprint density at radius 3 is 3.05 bits per heavy atom. The van der Waals surface area contributed by atoms with Crippen molar-refractivity contribution in [2.45, 2.75) is 19.8 Å². The van der Waals surface area contributed by atoms with Crippen LogP contribution in [0.1, 0.15) is 30.1 Å². The van der Waals surface area contributed by atoms with Gasteiger partial charge < -0.3 is 10.6 Å². The zero-order chi connectivity index (χ0) is 14.4. The van der Waals surface area contributed by atoms with Gasteiger partial charge in [-0.3, -0.25) is 4.79 Å². The summed E-state index contributed by atoms with van der Waals surface area (Å²) < 4.78 is 13.8. The largest absolute Gasteiger partial charge is 0.382 e. The van der Waals surface area contributed by atoms with E-state index < -0.39 is 0 Å². The Morgan fingerprint density at radius 2 is 2.35 bits per heavy atom. The molecule has 1 atom stereocenters. The average Bonchev–Trinajstić information content (AvgIpc) is 2.96. The van der Waals surface area contributed by atoms with Crippen molar-refractivity contribution < 1.29 is 9.18 Å². The van der Waals surface area contributed by atoms with Crippen LogP contribution in [0, 0.1) is 11.7 Å². The molecule has 1 saturated heterocycles. The maximum atomic E-state index is 13.8. The lowest BCUT2D eigenvalue weighted by atomic mass is 10.1. The highest BCUT2D eigenvalue weighted by molar-refractivity contribution is 7.99. The number of hydrogen-bond donors (Lipinski definition) is 2. The van der Waals surface area contributed by atoms with E-state index in [1.165, 1.54) is 11.8 Å². The van der Waals surface area contributed by atoms with Crippen LogP contribution in [-0.4, -0.2) is 30.5 Å². The minimum atomic E-state index is -0.373. The monoisotopic (exact) mass is 296 g/mol. The minimum absolute atomic E-state index is 0.194. The second-order valence-electron chi connectivity index (χ2n) is 5.03. The number of halogens is 1. The van der Waals surface area contributed by atoms with Crippen molar-refractivity contribution in [2.75, 3.05) is 29.9 Å². The molecule has 1 fully saturated rings. The van der Waals surface area contributed by atoms with E-state index in [1.54, 1.807) is 12.1 Å². The first-order chi connectivity index (χ1) is 9.72. The van der Waals surface area contributed by atoms with E-state index in [2.05, 4.69) is 10.6 Å². The molecule has 1 amide bonds. The van der Waals surface area contributed by atoms with E-state index in [1.807, 2.05) is 18.7 Å². The topological polar surface area (TPSA) is 41.1 Å². The summed E-state index contributed by atoms with van der Waals surface area (Å²) in [5, 5.41) is 5.93. The van der Waals surface area contributed by atoms with E-state index in [9.17, 15) is 9.18 Å². The third-order valence-corrected chi connectivity index (χ3v) is 4.62. The second kappa shape index (κ2) is 7.53. The summed E-state index contributed by atoms with van der Waals surface area (Å²) >= 11 is 1.92. The van der Waals surface area contributed by atoms with Crippen LogP contribution in [0.3, 0.4) is 0 Å².